The van der Waals surface area contributed by atoms with Crippen molar-refractivity contribution in [3.63, 3.8) is 0 Å². The van der Waals surface area contributed by atoms with Crippen LogP contribution in [0.15, 0.2) is 22.8 Å². The summed E-state index contributed by atoms with van der Waals surface area (Å²) in [5, 5.41) is 0. The molecule has 2 aliphatic carbocycles. The summed E-state index contributed by atoms with van der Waals surface area (Å²) in [6.45, 7) is 13.2. The molecule has 1 fully saturated rings. The predicted molar refractivity (Wildman–Crippen MR) is 76.3 cm³/mol. The lowest BCUT2D eigenvalue weighted by atomic mass is 9.73. The van der Waals surface area contributed by atoms with E-state index < -0.39 is 0 Å². The van der Waals surface area contributed by atoms with Crippen molar-refractivity contribution in [1.82, 2.24) is 0 Å². The number of carbonyl (C=O) groups is 1. The highest BCUT2D eigenvalue weighted by atomic mass is 16.1. The van der Waals surface area contributed by atoms with E-state index in [1.54, 1.807) is 0 Å². The molecular formula is C17H26O. The molecule has 2 aliphatic rings. The van der Waals surface area contributed by atoms with Crippen LogP contribution in [-0.2, 0) is 4.79 Å². The maximum Gasteiger partial charge on any atom is 0.147 e. The van der Waals surface area contributed by atoms with Gasteiger partial charge in [-0.3, -0.25) is 4.79 Å². The molecule has 3 atom stereocenters. The number of fused-ring (bicyclic) bond motifs is 2. The van der Waals surface area contributed by atoms with Crippen molar-refractivity contribution in [2.24, 2.45) is 23.2 Å². The summed E-state index contributed by atoms with van der Waals surface area (Å²) in [5.41, 5.74) is 4.04. The molecule has 0 aliphatic heterocycles. The third kappa shape index (κ3) is 1.71. The van der Waals surface area contributed by atoms with Gasteiger partial charge in [0.25, 0.3) is 0 Å². The average molecular weight is 246 g/mol. The quantitative estimate of drug-likeness (QED) is 0.621. The summed E-state index contributed by atoms with van der Waals surface area (Å²) in [7, 11) is 0. The Kier molecular flexibility index (Phi) is 3.29. The van der Waals surface area contributed by atoms with E-state index in [4.69, 9.17) is 0 Å². The van der Waals surface area contributed by atoms with Crippen LogP contribution in [0.25, 0.3) is 0 Å². The fourth-order valence-electron chi connectivity index (χ4n) is 4.23. The van der Waals surface area contributed by atoms with Crippen LogP contribution >= 0.6 is 0 Å². The van der Waals surface area contributed by atoms with Crippen LogP contribution in [0, 0.1) is 23.2 Å². The second-order valence-electron chi connectivity index (χ2n) is 6.76. The average Bonchev–Trinajstić information content (AvgIpc) is 2.44. The van der Waals surface area contributed by atoms with Crippen LogP contribution < -0.4 is 0 Å². The maximum absolute atomic E-state index is 12.8. The van der Waals surface area contributed by atoms with Crippen molar-refractivity contribution in [3.8, 4) is 0 Å². The van der Waals surface area contributed by atoms with Gasteiger partial charge in [-0.25, -0.2) is 0 Å². The molecule has 100 valence electrons. The summed E-state index contributed by atoms with van der Waals surface area (Å²) in [6.07, 6.45) is 4.12. The van der Waals surface area contributed by atoms with Crippen LogP contribution in [-0.4, -0.2) is 5.78 Å². The largest absolute Gasteiger partial charge is 0.298 e. The van der Waals surface area contributed by atoms with Gasteiger partial charge in [-0.2, -0.15) is 0 Å². The molecule has 0 radical (unpaired) electrons. The molecule has 0 amide bonds. The monoisotopic (exact) mass is 246 g/mol. The molecule has 2 bridgehead atoms. The van der Waals surface area contributed by atoms with E-state index >= 15 is 0 Å². The third-order valence-electron chi connectivity index (χ3n) is 5.21. The minimum atomic E-state index is -0.226. The number of hydrogen-bond donors (Lipinski definition) is 0. The highest BCUT2D eigenvalue weighted by Gasteiger charge is 2.55. The van der Waals surface area contributed by atoms with E-state index in [0.29, 0.717) is 17.6 Å². The lowest BCUT2D eigenvalue weighted by molar-refractivity contribution is -0.127. The van der Waals surface area contributed by atoms with Gasteiger partial charge in [0.05, 0.1) is 5.41 Å². The summed E-state index contributed by atoms with van der Waals surface area (Å²) in [5.74, 6) is 1.72. The van der Waals surface area contributed by atoms with Gasteiger partial charge in [-0.1, -0.05) is 36.6 Å². The summed E-state index contributed by atoms with van der Waals surface area (Å²) in [4.78, 5) is 12.8. The van der Waals surface area contributed by atoms with Crippen LogP contribution in [0.5, 0.6) is 0 Å². The van der Waals surface area contributed by atoms with E-state index in [0.717, 1.165) is 12.8 Å². The fraction of sp³-hybridized carbons (Fsp3) is 0.706. The van der Waals surface area contributed by atoms with E-state index in [1.165, 1.54) is 16.7 Å². The topological polar surface area (TPSA) is 17.1 Å². The van der Waals surface area contributed by atoms with E-state index in [2.05, 4.69) is 47.6 Å². The maximum atomic E-state index is 12.8. The zero-order chi connectivity index (χ0) is 13.7. The van der Waals surface area contributed by atoms with Gasteiger partial charge in [0.1, 0.15) is 5.78 Å². The first-order chi connectivity index (χ1) is 8.32. The number of rotatable bonds is 1. The zero-order valence-corrected chi connectivity index (χ0v) is 12.6. The van der Waals surface area contributed by atoms with Gasteiger partial charge in [-0.05, 0) is 52.4 Å². The highest BCUT2D eigenvalue weighted by Crippen LogP contribution is 2.56. The minimum Gasteiger partial charge on any atom is -0.298 e. The Labute approximate surface area is 111 Å². The second kappa shape index (κ2) is 4.36. The van der Waals surface area contributed by atoms with Gasteiger partial charge in [0.15, 0.2) is 0 Å². The smallest absolute Gasteiger partial charge is 0.147 e. The summed E-state index contributed by atoms with van der Waals surface area (Å²) in [6, 6.07) is 0. The molecule has 0 aromatic heterocycles. The van der Waals surface area contributed by atoms with Gasteiger partial charge in [-0.15, -0.1) is 0 Å². The third-order valence-corrected chi connectivity index (χ3v) is 5.21. The minimum absolute atomic E-state index is 0.221. The molecular weight excluding hydrogens is 220 g/mol. The second-order valence-corrected chi connectivity index (χ2v) is 6.76. The molecule has 1 saturated carbocycles. The lowest BCUT2D eigenvalue weighted by Crippen LogP contribution is -2.25. The molecule has 0 heterocycles. The first-order valence-corrected chi connectivity index (χ1v) is 7.19. The van der Waals surface area contributed by atoms with Crippen molar-refractivity contribution < 1.29 is 4.79 Å². The molecule has 18 heavy (non-hydrogen) atoms. The number of Topliss-reactive ketones (excluding diaryl/α,β-unsaturated/α-hetero) is 1. The van der Waals surface area contributed by atoms with E-state index in [1.807, 2.05) is 0 Å². The van der Waals surface area contributed by atoms with Crippen molar-refractivity contribution in [2.75, 3.05) is 0 Å². The Morgan fingerprint density at radius 3 is 2.39 bits per heavy atom. The zero-order valence-electron chi connectivity index (χ0n) is 12.6. The Hall–Kier alpha value is -0.850. The highest BCUT2D eigenvalue weighted by molar-refractivity contribution is 5.94. The summed E-state index contributed by atoms with van der Waals surface area (Å²) >= 11 is 0. The first kappa shape index (κ1) is 13.6. The van der Waals surface area contributed by atoms with Crippen LogP contribution in [0.3, 0.4) is 0 Å². The Bertz CT molecular complexity index is 439. The van der Waals surface area contributed by atoms with Crippen molar-refractivity contribution in [2.45, 2.75) is 54.4 Å². The number of ketones is 1. The van der Waals surface area contributed by atoms with E-state index in [9.17, 15) is 4.79 Å². The van der Waals surface area contributed by atoms with Crippen LogP contribution in [0.4, 0.5) is 0 Å². The number of hydrogen-bond acceptors (Lipinski definition) is 1. The molecule has 0 spiro atoms. The SMILES string of the molecule is C/C=C1/[C@@H](C(C)C)[C@H]2CC(C)=C(C)C[C@@]1(C)C2=O. The van der Waals surface area contributed by atoms with Crippen molar-refractivity contribution >= 4 is 5.78 Å². The summed E-state index contributed by atoms with van der Waals surface area (Å²) < 4.78 is 0. The standard InChI is InChI=1S/C17H26O/c1-7-14-15(10(2)3)13-8-11(4)12(5)9-17(14,6)16(13)18/h7,10,13,15H,8-9H2,1-6H3/b14-7-/t13-,15+,17-/m1/s1. The van der Waals surface area contributed by atoms with Crippen molar-refractivity contribution in [3.05, 3.63) is 22.8 Å². The molecule has 0 aromatic carbocycles. The van der Waals surface area contributed by atoms with E-state index in [-0.39, 0.29) is 11.3 Å². The molecule has 1 nitrogen and oxygen atoms in total. The number of allylic oxidation sites excluding steroid dienone is 4. The van der Waals surface area contributed by atoms with Crippen molar-refractivity contribution in [1.29, 1.82) is 0 Å². The molecule has 1 heteroatoms. The van der Waals surface area contributed by atoms with Gasteiger partial charge >= 0.3 is 0 Å². The van der Waals surface area contributed by atoms with Gasteiger partial charge in [0, 0.05) is 5.92 Å². The van der Waals surface area contributed by atoms with Gasteiger partial charge in [0.2, 0.25) is 0 Å². The molecule has 0 aromatic rings. The Morgan fingerprint density at radius 2 is 1.89 bits per heavy atom. The van der Waals surface area contributed by atoms with Crippen LogP contribution in [0.2, 0.25) is 0 Å². The molecule has 0 saturated heterocycles. The fourth-order valence-corrected chi connectivity index (χ4v) is 4.23. The predicted octanol–water partition coefficient (Wildman–Crippen LogP) is 4.54. The molecule has 0 unspecified atom stereocenters. The molecule has 2 rings (SSSR count). The molecule has 0 N–H and O–H groups in total. The lowest BCUT2D eigenvalue weighted by Gasteiger charge is -2.30. The normalized spacial score (nSPS) is 38.8. The first-order valence-electron chi connectivity index (χ1n) is 7.19. The van der Waals surface area contributed by atoms with Crippen LogP contribution in [0.1, 0.15) is 54.4 Å². The number of carbonyl (C=O) groups excluding carboxylic acids is 1. The Morgan fingerprint density at radius 1 is 1.28 bits per heavy atom. The van der Waals surface area contributed by atoms with Gasteiger partial charge < -0.3 is 0 Å². The Balaban J connectivity index is 2.58.